The molecule has 1 heterocycles. The van der Waals surface area contributed by atoms with E-state index in [1.54, 1.807) is 6.34 Å². The molecule has 0 aliphatic rings. The van der Waals surface area contributed by atoms with Crippen LogP contribution in [0.1, 0.15) is 36.8 Å². The molecule has 0 radical (unpaired) electrons. The summed E-state index contributed by atoms with van der Waals surface area (Å²) in [6.07, 6.45) is 3.50. The zero-order valence-electron chi connectivity index (χ0n) is 15.2. The van der Waals surface area contributed by atoms with Gasteiger partial charge in [-0.15, -0.1) is 0 Å². The summed E-state index contributed by atoms with van der Waals surface area (Å²) < 4.78 is 6.87. The first-order valence-corrected chi connectivity index (χ1v) is 9.05. The number of aryl methyl sites for hydroxylation is 1. The van der Waals surface area contributed by atoms with Gasteiger partial charge in [-0.25, -0.2) is 9.98 Å². The molecule has 2 aromatic rings. The van der Waals surface area contributed by atoms with E-state index in [0.29, 0.717) is 5.88 Å². The van der Waals surface area contributed by atoms with Crippen LogP contribution in [-0.4, -0.2) is 29.8 Å². The Bertz CT molecular complexity index is 774. The fourth-order valence-electron chi connectivity index (χ4n) is 2.30. The van der Waals surface area contributed by atoms with Crippen LogP contribution >= 0.6 is 15.9 Å². The number of hydrogen-bond donors (Lipinski definition) is 0. The smallest absolute Gasteiger partial charge is 0.228 e. The quantitative estimate of drug-likeness (QED) is 0.450. The van der Waals surface area contributed by atoms with E-state index < -0.39 is 0 Å². The maximum absolute atomic E-state index is 6.09. The summed E-state index contributed by atoms with van der Waals surface area (Å²) in [5.41, 5.74) is 3.78. The molecule has 0 bridgehead atoms. The third-order valence-electron chi connectivity index (χ3n) is 3.94. The predicted molar refractivity (Wildman–Crippen MR) is 109 cm³/mol. The summed E-state index contributed by atoms with van der Waals surface area (Å²) in [4.78, 5) is 11.1. The van der Waals surface area contributed by atoms with E-state index in [1.807, 2.05) is 62.2 Å². The van der Waals surface area contributed by atoms with Crippen LogP contribution in [0.25, 0.3) is 6.08 Å². The van der Waals surface area contributed by atoms with Gasteiger partial charge in [-0.1, -0.05) is 36.9 Å². The largest absolute Gasteiger partial charge is 0.469 e. The van der Waals surface area contributed by atoms with Crippen LogP contribution in [0, 0.1) is 6.92 Å². The van der Waals surface area contributed by atoms with Crippen molar-refractivity contribution in [1.82, 2.24) is 9.88 Å². The predicted octanol–water partition coefficient (Wildman–Crippen LogP) is 5.55. The molecular weight excluding hydrogens is 378 g/mol. The van der Waals surface area contributed by atoms with Gasteiger partial charge in [0.15, 0.2) is 0 Å². The molecule has 0 fully saturated rings. The fraction of sp³-hybridized carbons (Fsp3) is 0.300. The Hall–Kier alpha value is -2.14. The van der Waals surface area contributed by atoms with E-state index in [1.165, 1.54) is 0 Å². The van der Waals surface area contributed by atoms with Gasteiger partial charge >= 0.3 is 0 Å². The van der Waals surface area contributed by atoms with Crippen LogP contribution in [0.4, 0.5) is 5.69 Å². The van der Waals surface area contributed by atoms with E-state index in [-0.39, 0.29) is 6.10 Å². The summed E-state index contributed by atoms with van der Waals surface area (Å²) in [7, 11) is 1.98. The summed E-state index contributed by atoms with van der Waals surface area (Å²) in [5, 5.41) is 0. The molecule has 0 saturated carbocycles. The molecule has 5 heteroatoms. The fourth-order valence-corrected chi connectivity index (χ4v) is 2.70. The minimum Gasteiger partial charge on any atom is -0.469 e. The highest BCUT2D eigenvalue weighted by Crippen LogP contribution is 2.33. The minimum absolute atomic E-state index is 0.141. The average molecular weight is 402 g/mol. The van der Waals surface area contributed by atoms with Crippen molar-refractivity contribution in [2.45, 2.75) is 26.9 Å². The normalized spacial score (nSPS) is 12.2. The van der Waals surface area contributed by atoms with Crippen LogP contribution in [-0.2, 0) is 0 Å². The van der Waals surface area contributed by atoms with Crippen molar-refractivity contribution >= 4 is 34.0 Å². The Morgan fingerprint density at radius 1 is 1.40 bits per heavy atom. The van der Waals surface area contributed by atoms with Crippen LogP contribution in [0.2, 0.25) is 0 Å². The zero-order chi connectivity index (χ0) is 18.4. The van der Waals surface area contributed by atoms with Crippen LogP contribution < -0.4 is 4.74 Å². The number of pyridine rings is 1. The molecule has 0 N–H and O–H groups in total. The molecule has 0 aliphatic heterocycles. The molecule has 1 aromatic heterocycles. The van der Waals surface area contributed by atoms with Gasteiger partial charge in [0.1, 0.15) is 6.10 Å². The SMILES string of the molecule is C=Cc1ccccc1C(C)Oc1nc(C)c(/N=C/N(C)CC)cc1Br. The topological polar surface area (TPSA) is 37.7 Å². The number of halogens is 1. The van der Waals surface area contributed by atoms with Crippen LogP contribution in [0.15, 0.2) is 46.4 Å². The maximum atomic E-state index is 6.09. The third kappa shape index (κ3) is 4.92. The number of benzene rings is 1. The van der Waals surface area contributed by atoms with E-state index in [9.17, 15) is 0 Å². The van der Waals surface area contributed by atoms with E-state index in [4.69, 9.17) is 4.74 Å². The Labute approximate surface area is 158 Å². The number of rotatable bonds is 7. The second-order valence-electron chi connectivity index (χ2n) is 5.79. The summed E-state index contributed by atoms with van der Waals surface area (Å²) in [5.74, 6) is 0.562. The number of hydrogen-bond acceptors (Lipinski definition) is 3. The summed E-state index contributed by atoms with van der Waals surface area (Å²) >= 11 is 3.55. The Kier molecular flexibility index (Phi) is 6.76. The van der Waals surface area contributed by atoms with Gasteiger partial charge in [-0.3, -0.25) is 0 Å². The van der Waals surface area contributed by atoms with Crippen molar-refractivity contribution in [3.05, 3.63) is 58.2 Å². The molecule has 0 spiro atoms. The highest BCUT2D eigenvalue weighted by Gasteiger charge is 2.15. The zero-order valence-corrected chi connectivity index (χ0v) is 16.7. The number of ether oxygens (including phenoxy) is 1. The lowest BCUT2D eigenvalue weighted by Gasteiger charge is -2.18. The Morgan fingerprint density at radius 3 is 2.80 bits per heavy atom. The van der Waals surface area contributed by atoms with E-state index in [2.05, 4.69) is 39.4 Å². The first-order chi connectivity index (χ1) is 12.0. The minimum atomic E-state index is -0.141. The van der Waals surface area contributed by atoms with Crippen molar-refractivity contribution in [2.75, 3.05) is 13.6 Å². The highest BCUT2D eigenvalue weighted by atomic mass is 79.9. The van der Waals surface area contributed by atoms with Gasteiger partial charge in [0.2, 0.25) is 5.88 Å². The lowest BCUT2D eigenvalue weighted by molar-refractivity contribution is 0.215. The lowest BCUT2D eigenvalue weighted by Crippen LogP contribution is -2.14. The monoisotopic (exact) mass is 401 g/mol. The van der Waals surface area contributed by atoms with E-state index >= 15 is 0 Å². The summed E-state index contributed by atoms with van der Waals surface area (Å²) in [6, 6.07) is 9.99. The number of nitrogens with zero attached hydrogens (tertiary/aromatic N) is 3. The van der Waals surface area contributed by atoms with Crippen LogP contribution in [0.3, 0.4) is 0 Å². The first-order valence-electron chi connectivity index (χ1n) is 8.25. The van der Waals surface area contributed by atoms with Gasteiger partial charge in [0, 0.05) is 13.6 Å². The molecule has 4 nitrogen and oxygen atoms in total. The van der Waals surface area contributed by atoms with Crippen molar-refractivity contribution in [2.24, 2.45) is 4.99 Å². The maximum Gasteiger partial charge on any atom is 0.228 e. The molecule has 2 rings (SSSR count). The Balaban J connectivity index is 2.24. The number of aliphatic imine (C=N–C) groups is 1. The highest BCUT2D eigenvalue weighted by molar-refractivity contribution is 9.10. The molecular formula is C20H24BrN3O. The summed E-state index contributed by atoms with van der Waals surface area (Å²) in [6.45, 7) is 10.8. The van der Waals surface area contributed by atoms with Crippen LogP contribution in [0.5, 0.6) is 5.88 Å². The Morgan fingerprint density at radius 2 is 2.12 bits per heavy atom. The standard InChI is InChI=1S/C20H24BrN3O/c1-6-16-10-8-9-11-17(16)15(4)25-20-18(21)12-19(14(3)23-20)22-13-24(5)7-2/h6,8-13,15H,1,7H2,2-5H3/b22-13+. The van der Waals surface area contributed by atoms with Gasteiger partial charge in [-0.05, 0) is 53.9 Å². The molecule has 25 heavy (non-hydrogen) atoms. The molecule has 1 unspecified atom stereocenters. The second-order valence-corrected chi connectivity index (χ2v) is 6.65. The molecule has 0 amide bonds. The molecule has 1 atom stereocenters. The second kappa shape index (κ2) is 8.81. The lowest BCUT2D eigenvalue weighted by atomic mass is 10.0. The van der Waals surface area contributed by atoms with Crippen molar-refractivity contribution < 1.29 is 4.74 Å². The van der Waals surface area contributed by atoms with Crippen molar-refractivity contribution in [3.63, 3.8) is 0 Å². The average Bonchev–Trinajstić information content (AvgIpc) is 2.62. The van der Waals surface area contributed by atoms with E-state index in [0.717, 1.165) is 33.5 Å². The van der Waals surface area contributed by atoms with Gasteiger partial charge in [0.05, 0.1) is 22.2 Å². The number of aromatic nitrogens is 1. The molecule has 0 aliphatic carbocycles. The van der Waals surface area contributed by atoms with Gasteiger partial charge in [0.25, 0.3) is 0 Å². The molecule has 0 saturated heterocycles. The van der Waals surface area contributed by atoms with Crippen molar-refractivity contribution in [1.29, 1.82) is 0 Å². The van der Waals surface area contributed by atoms with Gasteiger partial charge in [-0.2, -0.15) is 0 Å². The third-order valence-corrected chi connectivity index (χ3v) is 4.51. The van der Waals surface area contributed by atoms with Gasteiger partial charge < -0.3 is 9.64 Å². The van der Waals surface area contributed by atoms with Crippen molar-refractivity contribution in [3.8, 4) is 5.88 Å². The first kappa shape index (κ1) is 19.2. The molecule has 132 valence electrons. The molecule has 1 aromatic carbocycles.